The van der Waals surface area contributed by atoms with Crippen molar-refractivity contribution in [1.82, 2.24) is 0 Å². The summed E-state index contributed by atoms with van der Waals surface area (Å²) >= 11 is 0. The maximum absolute atomic E-state index is 12.7. The second-order valence-electron chi connectivity index (χ2n) is 15.3. The van der Waals surface area contributed by atoms with E-state index in [0.29, 0.717) is 19.3 Å². The molecule has 6 nitrogen and oxygen atoms in total. The van der Waals surface area contributed by atoms with Crippen molar-refractivity contribution in [3.63, 3.8) is 0 Å². The average Bonchev–Trinajstić information content (AvgIpc) is 3.18. The Morgan fingerprint density at radius 1 is 0.382 bits per heavy atom. The first-order valence-electron chi connectivity index (χ1n) is 23.1. The van der Waals surface area contributed by atoms with Gasteiger partial charge in [0.15, 0.2) is 6.10 Å². The van der Waals surface area contributed by atoms with Gasteiger partial charge in [-0.25, -0.2) is 0 Å². The molecule has 0 saturated heterocycles. The van der Waals surface area contributed by atoms with Crippen LogP contribution in [0.1, 0.15) is 226 Å². The second-order valence-corrected chi connectivity index (χ2v) is 15.3. The number of rotatable bonds is 41. The molecule has 6 heteroatoms. The number of unbranched alkanes of at least 4 members (excludes halogenated alkanes) is 22. The highest BCUT2D eigenvalue weighted by molar-refractivity contribution is 5.71. The minimum atomic E-state index is -0.784. The van der Waals surface area contributed by atoms with Crippen molar-refractivity contribution in [1.29, 1.82) is 0 Å². The van der Waals surface area contributed by atoms with E-state index in [1.165, 1.54) is 89.9 Å². The molecular weight excluding hydrogens is 685 g/mol. The molecule has 0 aliphatic heterocycles. The Labute approximate surface area is 339 Å². The van der Waals surface area contributed by atoms with E-state index in [1.54, 1.807) is 0 Å². The van der Waals surface area contributed by atoms with E-state index in [2.05, 4.69) is 69.4 Å². The molecule has 0 aliphatic rings. The van der Waals surface area contributed by atoms with E-state index in [0.717, 1.165) is 96.3 Å². The van der Waals surface area contributed by atoms with Crippen LogP contribution in [0.15, 0.2) is 48.6 Å². The molecule has 0 aromatic heterocycles. The predicted octanol–water partition coefficient (Wildman–Crippen LogP) is 14.8. The summed E-state index contributed by atoms with van der Waals surface area (Å²) in [6, 6.07) is 0. The molecule has 0 fully saturated rings. The van der Waals surface area contributed by atoms with E-state index in [9.17, 15) is 14.4 Å². The second kappa shape index (κ2) is 44.1. The number of hydrogen-bond donors (Lipinski definition) is 0. The topological polar surface area (TPSA) is 78.9 Å². The smallest absolute Gasteiger partial charge is 0.306 e. The third-order valence-corrected chi connectivity index (χ3v) is 9.82. The molecule has 0 spiro atoms. The molecule has 0 rings (SSSR count). The zero-order chi connectivity index (χ0) is 40.1. The minimum absolute atomic E-state index is 0.0844. The van der Waals surface area contributed by atoms with Crippen LogP contribution in [0.3, 0.4) is 0 Å². The van der Waals surface area contributed by atoms with Crippen LogP contribution < -0.4 is 0 Å². The van der Waals surface area contributed by atoms with Gasteiger partial charge in [-0.15, -0.1) is 0 Å². The van der Waals surface area contributed by atoms with E-state index < -0.39 is 6.10 Å². The van der Waals surface area contributed by atoms with Gasteiger partial charge in [0.25, 0.3) is 0 Å². The van der Waals surface area contributed by atoms with Crippen LogP contribution in [0, 0.1) is 0 Å². The van der Waals surface area contributed by atoms with Crippen LogP contribution in [0.2, 0.25) is 0 Å². The lowest BCUT2D eigenvalue weighted by atomic mass is 10.1. The van der Waals surface area contributed by atoms with Crippen LogP contribution in [-0.4, -0.2) is 37.2 Å². The Morgan fingerprint density at radius 2 is 0.709 bits per heavy atom. The normalized spacial score (nSPS) is 12.4. The largest absolute Gasteiger partial charge is 0.462 e. The fraction of sp³-hybridized carbons (Fsp3) is 0.776. The number of carbonyl (C=O) groups excluding carboxylic acids is 3. The lowest BCUT2D eigenvalue weighted by molar-refractivity contribution is -0.167. The fourth-order valence-electron chi connectivity index (χ4n) is 6.33. The van der Waals surface area contributed by atoms with Crippen molar-refractivity contribution in [2.45, 2.75) is 232 Å². The molecule has 0 N–H and O–H groups in total. The molecule has 0 aromatic rings. The van der Waals surface area contributed by atoms with E-state index in [1.807, 2.05) is 0 Å². The molecular formula is C49H86O6. The molecule has 0 heterocycles. The molecule has 0 bridgehead atoms. The highest BCUT2D eigenvalue weighted by Gasteiger charge is 2.19. The van der Waals surface area contributed by atoms with Crippen molar-refractivity contribution < 1.29 is 28.6 Å². The molecule has 0 aliphatic carbocycles. The van der Waals surface area contributed by atoms with Crippen LogP contribution in [0.5, 0.6) is 0 Å². The van der Waals surface area contributed by atoms with E-state index >= 15 is 0 Å². The summed E-state index contributed by atoms with van der Waals surface area (Å²) in [4.78, 5) is 37.7. The first-order valence-corrected chi connectivity index (χ1v) is 23.1. The van der Waals surface area contributed by atoms with Crippen molar-refractivity contribution in [3.8, 4) is 0 Å². The summed E-state index contributed by atoms with van der Waals surface area (Å²) in [5.41, 5.74) is 0. The van der Waals surface area contributed by atoms with Gasteiger partial charge in [-0.05, 0) is 77.0 Å². The summed E-state index contributed by atoms with van der Waals surface area (Å²) in [5, 5.41) is 0. The van der Waals surface area contributed by atoms with Gasteiger partial charge in [-0.1, -0.05) is 179 Å². The van der Waals surface area contributed by atoms with Gasteiger partial charge in [0, 0.05) is 19.3 Å². The Bertz CT molecular complexity index is 980. The third kappa shape index (κ3) is 42.4. The zero-order valence-corrected chi connectivity index (χ0v) is 36.2. The lowest BCUT2D eigenvalue weighted by Gasteiger charge is -2.18. The summed E-state index contributed by atoms with van der Waals surface area (Å²) in [5.74, 6) is -0.924. The van der Waals surface area contributed by atoms with Crippen molar-refractivity contribution in [2.75, 3.05) is 13.2 Å². The Morgan fingerprint density at radius 3 is 1.16 bits per heavy atom. The number of carbonyl (C=O) groups is 3. The summed E-state index contributed by atoms with van der Waals surface area (Å²) in [6.07, 6.45) is 50.9. The molecule has 318 valence electrons. The van der Waals surface area contributed by atoms with Gasteiger partial charge in [-0.2, -0.15) is 0 Å². The SMILES string of the molecule is CC/C=C\C/C=C\C/C=C\CCCCCC(=O)OCC(COC(=O)CCCCCCCCCCCCC)OC(=O)CCCCCCC/C=C\CCCCCC. The first-order chi connectivity index (χ1) is 27.0. The number of ether oxygens (including phenoxy) is 3. The Hall–Kier alpha value is -2.63. The van der Waals surface area contributed by atoms with Crippen molar-refractivity contribution >= 4 is 17.9 Å². The third-order valence-electron chi connectivity index (χ3n) is 9.82. The molecule has 0 amide bonds. The van der Waals surface area contributed by atoms with Gasteiger partial charge >= 0.3 is 17.9 Å². The van der Waals surface area contributed by atoms with Crippen molar-refractivity contribution in [3.05, 3.63) is 48.6 Å². The van der Waals surface area contributed by atoms with Crippen LogP contribution in [0.25, 0.3) is 0 Å². The maximum Gasteiger partial charge on any atom is 0.306 e. The van der Waals surface area contributed by atoms with Gasteiger partial charge in [0.2, 0.25) is 0 Å². The van der Waals surface area contributed by atoms with Gasteiger partial charge in [-0.3, -0.25) is 14.4 Å². The predicted molar refractivity (Wildman–Crippen MR) is 233 cm³/mol. The number of esters is 3. The molecule has 0 radical (unpaired) electrons. The summed E-state index contributed by atoms with van der Waals surface area (Å²) in [6.45, 7) is 6.46. The zero-order valence-electron chi connectivity index (χ0n) is 36.2. The molecule has 1 atom stereocenters. The first kappa shape index (κ1) is 52.4. The number of allylic oxidation sites excluding steroid dienone is 8. The van der Waals surface area contributed by atoms with Gasteiger partial charge in [0.05, 0.1) is 0 Å². The average molecular weight is 771 g/mol. The monoisotopic (exact) mass is 771 g/mol. The molecule has 0 saturated carbocycles. The van der Waals surface area contributed by atoms with Crippen molar-refractivity contribution in [2.24, 2.45) is 0 Å². The standard InChI is InChI=1S/C49H86O6/c1-4-7-10-13-16-19-22-24-27-30-33-36-39-42-48(51)54-45-46(44-53-47(50)41-38-35-32-29-26-21-18-15-12-9-6-3)55-49(52)43-40-37-34-31-28-25-23-20-17-14-11-8-5-2/h7,10,16,19-20,23-24,27,46H,4-6,8-9,11-15,17-18,21-22,25-26,28-45H2,1-3H3/b10-7-,19-16-,23-20-,27-24-. The van der Waals surface area contributed by atoms with Crippen LogP contribution >= 0.6 is 0 Å². The molecule has 1 unspecified atom stereocenters. The molecule has 0 aromatic carbocycles. The highest BCUT2D eigenvalue weighted by atomic mass is 16.6. The summed E-state index contributed by atoms with van der Waals surface area (Å²) in [7, 11) is 0. The fourth-order valence-corrected chi connectivity index (χ4v) is 6.33. The van der Waals surface area contributed by atoms with E-state index in [-0.39, 0.29) is 31.1 Å². The van der Waals surface area contributed by atoms with Crippen LogP contribution in [-0.2, 0) is 28.6 Å². The minimum Gasteiger partial charge on any atom is -0.462 e. The quantitative estimate of drug-likeness (QED) is 0.0267. The van der Waals surface area contributed by atoms with E-state index in [4.69, 9.17) is 14.2 Å². The lowest BCUT2D eigenvalue weighted by Crippen LogP contribution is -2.30. The van der Waals surface area contributed by atoms with Gasteiger partial charge in [0.1, 0.15) is 13.2 Å². The molecule has 55 heavy (non-hydrogen) atoms. The highest BCUT2D eigenvalue weighted by Crippen LogP contribution is 2.14. The Kier molecular flexibility index (Phi) is 42.0. The van der Waals surface area contributed by atoms with Crippen LogP contribution in [0.4, 0.5) is 0 Å². The summed E-state index contributed by atoms with van der Waals surface area (Å²) < 4.78 is 16.7. The maximum atomic E-state index is 12.7. The van der Waals surface area contributed by atoms with Gasteiger partial charge < -0.3 is 14.2 Å². The Balaban J connectivity index is 4.43. The number of hydrogen-bond acceptors (Lipinski definition) is 6.